The fraction of sp³-hybridized carbons (Fsp3) is 0.320. The molecule has 6 nitrogen and oxygen atoms in total. The highest BCUT2D eigenvalue weighted by Crippen LogP contribution is 2.27. The van der Waals surface area contributed by atoms with Gasteiger partial charge in [0.05, 0.1) is 24.7 Å². The second-order valence-corrected chi connectivity index (χ2v) is 10.4. The maximum atomic E-state index is 13.5. The zero-order valence-corrected chi connectivity index (χ0v) is 19.2. The number of benzene rings is 2. The van der Waals surface area contributed by atoms with E-state index in [4.69, 9.17) is 9.15 Å². The molecule has 1 saturated heterocycles. The smallest absolute Gasteiger partial charge is 0.254 e. The monoisotopic (exact) mass is 471 g/mol. The van der Waals surface area contributed by atoms with Crippen molar-refractivity contribution in [1.29, 1.82) is 0 Å². The van der Waals surface area contributed by atoms with Crippen LogP contribution in [0.1, 0.15) is 35.9 Å². The molecular weight excluding hydrogens is 445 g/mol. The summed E-state index contributed by atoms with van der Waals surface area (Å²) in [5, 5.41) is 0. The van der Waals surface area contributed by atoms with Gasteiger partial charge < -0.3 is 14.1 Å². The maximum Gasteiger partial charge on any atom is 0.254 e. The standard InChI is InChI=1S/C25H26FNO5S/c1-2-13-31-22-5-3-4-19(15-22)25(28)27(21-12-14-33(29,30)17-21)16-23-10-11-24(32-23)18-6-8-20(26)9-7-18/h3-11,15,21H,2,12-14,16-17H2,1H3/t21-/m1/s1. The first-order valence-corrected chi connectivity index (χ1v) is 12.8. The summed E-state index contributed by atoms with van der Waals surface area (Å²) in [6.07, 6.45) is 1.23. The third kappa shape index (κ3) is 5.63. The number of sulfone groups is 1. The molecule has 0 saturated carbocycles. The highest BCUT2D eigenvalue weighted by Gasteiger charge is 2.35. The van der Waals surface area contributed by atoms with E-state index in [9.17, 15) is 17.6 Å². The Morgan fingerprint density at radius 1 is 1.15 bits per heavy atom. The van der Waals surface area contributed by atoms with Gasteiger partial charge in [-0.05, 0) is 67.4 Å². The zero-order valence-electron chi connectivity index (χ0n) is 18.4. The minimum Gasteiger partial charge on any atom is -0.494 e. The molecule has 0 radical (unpaired) electrons. The fourth-order valence-corrected chi connectivity index (χ4v) is 5.62. The van der Waals surface area contributed by atoms with Gasteiger partial charge in [-0.25, -0.2) is 12.8 Å². The van der Waals surface area contributed by atoms with Crippen LogP contribution >= 0.6 is 0 Å². The molecule has 1 fully saturated rings. The quantitative estimate of drug-likeness (QED) is 0.476. The minimum atomic E-state index is -3.20. The summed E-state index contributed by atoms with van der Waals surface area (Å²) in [6, 6.07) is 15.9. The molecule has 1 aliphatic rings. The van der Waals surface area contributed by atoms with Gasteiger partial charge in [0.25, 0.3) is 5.91 Å². The Balaban J connectivity index is 1.59. The van der Waals surface area contributed by atoms with Crippen molar-refractivity contribution in [3.8, 4) is 17.1 Å². The van der Waals surface area contributed by atoms with E-state index in [-0.39, 0.29) is 29.8 Å². The normalized spacial score (nSPS) is 17.1. The van der Waals surface area contributed by atoms with Crippen molar-refractivity contribution in [1.82, 2.24) is 4.90 Å². The van der Waals surface area contributed by atoms with Gasteiger partial charge in [-0.15, -0.1) is 0 Å². The van der Waals surface area contributed by atoms with Crippen LogP contribution in [0.5, 0.6) is 5.75 Å². The molecule has 3 aromatic rings. The molecule has 33 heavy (non-hydrogen) atoms. The molecule has 0 bridgehead atoms. The second-order valence-electron chi connectivity index (χ2n) is 8.14. The molecule has 0 spiro atoms. The lowest BCUT2D eigenvalue weighted by Crippen LogP contribution is -2.40. The van der Waals surface area contributed by atoms with E-state index in [0.717, 1.165) is 6.42 Å². The van der Waals surface area contributed by atoms with Crippen LogP contribution in [0.3, 0.4) is 0 Å². The predicted octanol–water partition coefficient (Wildman–Crippen LogP) is 4.70. The minimum absolute atomic E-state index is 0.0556. The number of hydrogen-bond donors (Lipinski definition) is 0. The van der Waals surface area contributed by atoms with Crippen molar-refractivity contribution < 1.29 is 26.8 Å². The topological polar surface area (TPSA) is 76.8 Å². The molecule has 1 amide bonds. The van der Waals surface area contributed by atoms with Crippen molar-refractivity contribution in [2.24, 2.45) is 0 Å². The van der Waals surface area contributed by atoms with E-state index >= 15 is 0 Å². The van der Waals surface area contributed by atoms with E-state index in [1.165, 1.54) is 12.1 Å². The fourth-order valence-electron chi connectivity index (χ4n) is 3.89. The van der Waals surface area contributed by atoms with E-state index in [1.54, 1.807) is 53.4 Å². The Bertz CT molecular complexity index is 1220. The van der Waals surface area contributed by atoms with Gasteiger partial charge in [-0.2, -0.15) is 0 Å². The number of carbonyl (C=O) groups excluding carboxylic acids is 1. The summed E-state index contributed by atoms with van der Waals surface area (Å²) < 4.78 is 49.1. The van der Waals surface area contributed by atoms with Gasteiger partial charge in [0.15, 0.2) is 9.84 Å². The van der Waals surface area contributed by atoms with Crippen molar-refractivity contribution in [2.75, 3.05) is 18.1 Å². The van der Waals surface area contributed by atoms with Crippen LogP contribution in [-0.4, -0.2) is 43.4 Å². The number of nitrogens with zero attached hydrogens (tertiary/aromatic N) is 1. The molecule has 1 aliphatic heterocycles. The van der Waals surface area contributed by atoms with Gasteiger partial charge in [-0.3, -0.25) is 4.79 Å². The summed E-state index contributed by atoms with van der Waals surface area (Å²) in [4.78, 5) is 15.0. The summed E-state index contributed by atoms with van der Waals surface area (Å²) in [5.41, 5.74) is 1.14. The SMILES string of the molecule is CCCOc1cccc(C(=O)N(Cc2ccc(-c3ccc(F)cc3)o2)[C@@H]2CCS(=O)(=O)C2)c1. The summed E-state index contributed by atoms with van der Waals surface area (Å²) in [7, 11) is -3.20. The number of amides is 1. The number of carbonyl (C=O) groups is 1. The van der Waals surface area contributed by atoms with Crippen LogP contribution in [0.15, 0.2) is 65.1 Å². The zero-order chi connectivity index (χ0) is 23.4. The highest BCUT2D eigenvalue weighted by atomic mass is 32.2. The lowest BCUT2D eigenvalue weighted by Gasteiger charge is -2.27. The first-order valence-electron chi connectivity index (χ1n) is 10.9. The second kappa shape index (κ2) is 9.79. The van der Waals surface area contributed by atoms with Gasteiger partial charge in [0.1, 0.15) is 23.1 Å². The highest BCUT2D eigenvalue weighted by molar-refractivity contribution is 7.91. The Hall–Kier alpha value is -3.13. The van der Waals surface area contributed by atoms with Gasteiger partial charge in [0.2, 0.25) is 0 Å². The number of ether oxygens (including phenoxy) is 1. The number of hydrogen-bond acceptors (Lipinski definition) is 5. The van der Waals surface area contributed by atoms with Gasteiger partial charge in [-0.1, -0.05) is 13.0 Å². The van der Waals surface area contributed by atoms with Crippen molar-refractivity contribution in [3.63, 3.8) is 0 Å². The van der Waals surface area contributed by atoms with Crippen LogP contribution in [0.4, 0.5) is 4.39 Å². The average Bonchev–Trinajstić information content (AvgIpc) is 3.42. The lowest BCUT2D eigenvalue weighted by molar-refractivity contribution is 0.0666. The van der Waals surface area contributed by atoms with Crippen LogP contribution in [0.2, 0.25) is 0 Å². The molecule has 1 atom stereocenters. The van der Waals surface area contributed by atoms with Crippen LogP contribution in [0.25, 0.3) is 11.3 Å². The van der Waals surface area contributed by atoms with Crippen LogP contribution in [-0.2, 0) is 16.4 Å². The molecule has 2 heterocycles. The molecule has 0 aliphatic carbocycles. The van der Waals surface area contributed by atoms with E-state index in [1.807, 2.05) is 6.92 Å². The Morgan fingerprint density at radius 2 is 1.94 bits per heavy atom. The first-order chi connectivity index (χ1) is 15.8. The van der Waals surface area contributed by atoms with Gasteiger partial charge >= 0.3 is 0 Å². The van der Waals surface area contributed by atoms with Crippen molar-refractivity contribution in [3.05, 3.63) is 77.8 Å². The molecule has 0 unspecified atom stereocenters. The van der Waals surface area contributed by atoms with Crippen LogP contribution in [0, 0.1) is 5.82 Å². The predicted molar refractivity (Wildman–Crippen MR) is 123 cm³/mol. The Kier molecular flexibility index (Phi) is 6.83. The molecule has 8 heteroatoms. The number of rotatable bonds is 8. The lowest BCUT2D eigenvalue weighted by atomic mass is 10.1. The number of halogens is 1. The van der Waals surface area contributed by atoms with E-state index in [2.05, 4.69) is 0 Å². The summed E-state index contributed by atoms with van der Waals surface area (Å²) in [6.45, 7) is 2.67. The Morgan fingerprint density at radius 3 is 2.64 bits per heavy atom. The summed E-state index contributed by atoms with van der Waals surface area (Å²) in [5.74, 6) is 1.03. The van der Waals surface area contributed by atoms with Crippen molar-refractivity contribution >= 4 is 15.7 Å². The maximum absolute atomic E-state index is 13.5. The molecule has 174 valence electrons. The average molecular weight is 472 g/mol. The molecule has 0 N–H and O–H groups in total. The van der Waals surface area contributed by atoms with Gasteiger partial charge in [0, 0.05) is 17.2 Å². The molecular formula is C25H26FNO5S. The third-order valence-electron chi connectivity index (χ3n) is 5.58. The third-order valence-corrected chi connectivity index (χ3v) is 7.33. The number of furan rings is 1. The van der Waals surface area contributed by atoms with E-state index in [0.29, 0.717) is 41.4 Å². The molecule has 1 aromatic heterocycles. The Labute approximate surface area is 192 Å². The largest absolute Gasteiger partial charge is 0.494 e. The summed E-state index contributed by atoms with van der Waals surface area (Å²) >= 11 is 0. The van der Waals surface area contributed by atoms with Crippen LogP contribution < -0.4 is 4.74 Å². The molecule has 4 rings (SSSR count). The molecule has 2 aromatic carbocycles. The van der Waals surface area contributed by atoms with E-state index < -0.39 is 15.9 Å². The van der Waals surface area contributed by atoms with Crippen molar-refractivity contribution in [2.45, 2.75) is 32.4 Å². The first kappa shape index (κ1) is 23.0.